The number of carbonyl (C=O) groups excluding carboxylic acids is 1. The topological polar surface area (TPSA) is 60.5 Å². The van der Waals surface area contributed by atoms with Gasteiger partial charge in [0.05, 0.1) is 23.8 Å². The van der Waals surface area contributed by atoms with E-state index >= 15 is 0 Å². The van der Waals surface area contributed by atoms with Crippen molar-refractivity contribution in [2.75, 3.05) is 11.9 Å². The molecule has 6 heteroatoms. The summed E-state index contributed by atoms with van der Waals surface area (Å²) in [5.41, 5.74) is 1.03. The normalized spacial score (nSPS) is 15.1. The fourth-order valence-corrected chi connectivity index (χ4v) is 2.99. The second-order valence-corrected chi connectivity index (χ2v) is 5.84. The molecule has 1 aromatic carbocycles. The molecule has 0 saturated heterocycles. The standard InChI is InChI=1S/C15H16N2O3S/c1-10(20-11-5-3-2-4-6-11)14(18)17-15-16-12-7-8-19-9-13(12)21-15/h2-6,10H,7-9H2,1H3,(H,16,17,18). The summed E-state index contributed by atoms with van der Waals surface area (Å²) in [7, 11) is 0. The van der Waals surface area contributed by atoms with E-state index in [0.29, 0.717) is 24.1 Å². The van der Waals surface area contributed by atoms with Crippen molar-refractivity contribution in [2.24, 2.45) is 0 Å². The average Bonchev–Trinajstić information content (AvgIpc) is 2.90. The van der Waals surface area contributed by atoms with Gasteiger partial charge in [0.15, 0.2) is 11.2 Å². The maximum atomic E-state index is 12.1. The number of nitrogens with one attached hydrogen (secondary N) is 1. The molecule has 21 heavy (non-hydrogen) atoms. The van der Waals surface area contributed by atoms with E-state index in [1.54, 1.807) is 6.92 Å². The van der Waals surface area contributed by atoms with Crippen LogP contribution in [-0.4, -0.2) is 23.6 Å². The summed E-state index contributed by atoms with van der Waals surface area (Å²) in [4.78, 5) is 17.7. The third kappa shape index (κ3) is 3.40. The lowest BCUT2D eigenvalue weighted by molar-refractivity contribution is -0.122. The Morgan fingerprint density at radius 2 is 2.24 bits per heavy atom. The highest BCUT2D eigenvalue weighted by molar-refractivity contribution is 7.15. The van der Waals surface area contributed by atoms with Gasteiger partial charge in [-0.2, -0.15) is 0 Å². The third-order valence-electron chi connectivity index (χ3n) is 3.15. The highest BCUT2D eigenvalue weighted by Crippen LogP contribution is 2.27. The Morgan fingerprint density at radius 1 is 1.43 bits per heavy atom. The zero-order chi connectivity index (χ0) is 14.7. The smallest absolute Gasteiger partial charge is 0.266 e. The lowest BCUT2D eigenvalue weighted by atomic mass is 10.2. The number of para-hydroxylation sites is 1. The van der Waals surface area contributed by atoms with Gasteiger partial charge in [-0.25, -0.2) is 4.98 Å². The molecule has 1 aliphatic heterocycles. The molecule has 0 radical (unpaired) electrons. The predicted octanol–water partition coefficient (Wildman–Crippen LogP) is 2.62. The molecule has 1 amide bonds. The van der Waals surface area contributed by atoms with E-state index in [1.165, 1.54) is 11.3 Å². The molecule has 0 saturated carbocycles. The quantitative estimate of drug-likeness (QED) is 0.943. The molecule has 1 aliphatic rings. The van der Waals surface area contributed by atoms with Gasteiger partial charge >= 0.3 is 0 Å². The Hall–Kier alpha value is -1.92. The average molecular weight is 304 g/mol. The van der Waals surface area contributed by atoms with E-state index < -0.39 is 6.10 Å². The molecule has 2 heterocycles. The molecular weight excluding hydrogens is 288 g/mol. The van der Waals surface area contributed by atoms with Gasteiger partial charge in [-0.15, -0.1) is 0 Å². The van der Waals surface area contributed by atoms with E-state index in [1.807, 2.05) is 30.3 Å². The van der Waals surface area contributed by atoms with Gasteiger partial charge in [0.25, 0.3) is 5.91 Å². The molecule has 110 valence electrons. The van der Waals surface area contributed by atoms with Crippen molar-refractivity contribution in [3.63, 3.8) is 0 Å². The molecule has 1 aromatic heterocycles. The predicted molar refractivity (Wildman–Crippen MR) is 80.6 cm³/mol. The van der Waals surface area contributed by atoms with Crippen molar-refractivity contribution >= 4 is 22.4 Å². The van der Waals surface area contributed by atoms with Crippen LogP contribution >= 0.6 is 11.3 Å². The summed E-state index contributed by atoms with van der Waals surface area (Å²) in [6.07, 6.45) is 0.224. The van der Waals surface area contributed by atoms with Crippen LogP contribution in [0.15, 0.2) is 30.3 Å². The molecule has 2 aromatic rings. The number of hydrogen-bond acceptors (Lipinski definition) is 5. The monoisotopic (exact) mass is 304 g/mol. The molecule has 1 N–H and O–H groups in total. The van der Waals surface area contributed by atoms with Gasteiger partial charge in [0.1, 0.15) is 5.75 Å². The fraction of sp³-hybridized carbons (Fsp3) is 0.333. The van der Waals surface area contributed by atoms with Crippen molar-refractivity contribution in [2.45, 2.75) is 26.1 Å². The first-order valence-electron chi connectivity index (χ1n) is 6.81. The third-order valence-corrected chi connectivity index (χ3v) is 4.14. The Balaban J connectivity index is 1.61. The minimum atomic E-state index is -0.579. The van der Waals surface area contributed by atoms with Crippen LogP contribution in [0.3, 0.4) is 0 Å². The number of thiazole rings is 1. The summed E-state index contributed by atoms with van der Waals surface area (Å²) in [6, 6.07) is 9.29. The van der Waals surface area contributed by atoms with E-state index in [-0.39, 0.29) is 5.91 Å². The van der Waals surface area contributed by atoms with Crippen molar-refractivity contribution < 1.29 is 14.3 Å². The van der Waals surface area contributed by atoms with E-state index in [9.17, 15) is 4.79 Å². The molecule has 0 spiro atoms. The first kappa shape index (κ1) is 14.0. The molecule has 1 atom stereocenters. The van der Waals surface area contributed by atoms with Gasteiger partial charge in [-0.05, 0) is 19.1 Å². The number of aromatic nitrogens is 1. The first-order chi connectivity index (χ1) is 10.2. The highest BCUT2D eigenvalue weighted by atomic mass is 32.1. The van der Waals surface area contributed by atoms with Crippen molar-refractivity contribution in [1.29, 1.82) is 0 Å². The zero-order valence-electron chi connectivity index (χ0n) is 11.7. The number of benzene rings is 1. The van der Waals surface area contributed by atoms with Crippen LogP contribution in [0, 0.1) is 0 Å². The minimum absolute atomic E-state index is 0.203. The maximum Gasteiger partial charge on any atom is 0.266 e. The largest absolute Gasteiger partial charge is 0.481 e. The number of hydrogen-bond donors (Lipinski definition) is 1. The summed E-state index contributed by atoms with van der Waals surface area (Å²) in [5, 5.41) is 3.42. The second-order valence-electron chi connectivity index (χ2n) is 4.75. The minimum Gasteiger partial charge on any atom is -0.481 e. The van der Waals surface area contributed by atoms with E-state index in [2.05, 4.69) is 10.3 Å². The summed E-state index contributed by atoms with van der Waals surface area (Å²) >= 11 is 1.46. The Labute approximate surface area is 126 Å². The van der Waals surface area contributed by atoms with Crippen LogP contribution in [-0.2, 0) is 22.6 Å². The molecule has 0 fully saturated rings. The zero-order valence-corrected chi connectivity index (χ0v) is 12.5. The first-order valence-corrected chi connectivity index (χ1v) is 7.63. The Morgan fingerprint density at radius 3 is 3.00 bits per heavy atom. The van der Waals surface area contributed by atoms with Crippen LogP contribution < -0.4 is 10.1 Å². The number of ether oxygens (including phenoxy) is 2. The van der Waals surface area contributed by atoms with E-state index in [0.717, 1.165) is 17.0 Å². The number of rotatable bonds is 4. The Kier molecular flexibility index (Phi) is 4.17. The summed E-state index contributed by atoms with van der Waals surface area (Å²) in [6.45, 7) is 3.00. The summed E-state index contributed by atoms with van der Waals surface area (Å²) in [5.74, 6) is 0.470. The second kappa shape index (κ2) is 6.24. The molecule has 1 unspecified atom stereocenters. The van der Waals surface area contributed by atoms with Gasteiger partial charge in [0.2, 0.25) is 0 Å². The number of anilines is 1. The van der Waals surface area contributed by atoms with Gasteiger partial charge in [0, 0.05) is 6.42 Å². The van der Waals surface area contributed by atoms with Gasteiger partial charge in [-0.3, -0.25) is 10.1 Å². The number of carbonyl (C=O) groups is 1. The number of amides is 1. The lowest BCUT2D eigenvalue weighted by Gasteiger charge is -2.13. The van der Waals surface area contributed by atoms with Gasteiger partial charge in [-0.1, -0.05) is 29.5 Å². The van der Waals surface area contributed by atoms with Crippen LogP contribution in [0.1, 0.15) is 17.5 Å². The maximum absolute atomic E-state index is 12.1. The molecule has 3 rings (SSSR count). The van der Waals surface area contributed by atoms with Crippen molar-refractivity contribution in [3.8, 4) is 5.75 Å². The van der Waals surface area contributed by atoms with Crippen molar-refractivity contribution in [1.82, 2.24) is 4.98 Å². The molecule has 5 nitrogen and oxygen atoms in total. The highest BCUT2D eigenvalue weighted by Gasteiger charge is 2.20. The fourth-order valence-electron chi connectivity index (χ4n) is 2.04. The Bertz CT molecular complexity index is 604. The number of fused-ring (bicyclic) bond motifs is 1. The van der Waals surface area contributed by atoms with Crippen LogP contribution in [0.25, 0.3) is 0 Å². The molecular formula is C15H16N2O3S. The molecule has 0 bridgehead atoms. The van der Waals surface area contributed by atoms with Crippen LogP contribution in [0.4, 0.5) is 5.13 Å². The van der Waals surface area contributed by atoms with Crippen molar-refractivity contribution in [3.05, 3.63) is 40.9 Å². The lowest BCUT2D eigenvalue weighted by Crippen LogP contribution is -2.30. The van der Waals surface area contributed by atoms with Crippen LogP contribution in [0.2, 0.25) is 0 Å². The SMILES string of the molecule is CC(Oc1ccccc1)C(=O)Nc1nc2c(s1)COCC2. The van der Waals surface area contributed by atoms with Gasteiger partial charge < -0.3 is 9.47 Å². The number of nitrogens with zero attached hydrogens (tertiary/aromatic N) is 1. The molecule has 0 aliphatic carbocycles. The van der Waals surface area contributed by atoms with E-state index in [4.69, 9.17) is 9.47 Å². The van der Waals surface area contributed by atoms with Crippen LogP contribution in [0.5, 0.6) is 5.75 Å². The summed E-state index contributed by atoms with van der Waals surface area (Å²) < 4.78 is 11.0.